The van der Waals surface area contributed by atoms with Crippen molar-refractivity contribution < 1.29 is 4.74 Å². The van der Waals surface area contributed by atoms with Crippen LogP contribution < -0.4 is 4.74 Å². The summed E-state index contributed by atoms with van der Waals surface area (Å²) in [5.41, 5.74) is 3.08. The Balaban J connectivity index is 2.39. The smallest absolute Gasteiger partial charge is 0.147 e. The maximum atomic E-state index is 9.09. The first-order chi connectivity index (χ1) is 8.20. The summed E-state index contributed by atoms with van der Waals surface area (Å²) in [6.07, 6.45) is 0.0504. The number of hydrogen-bond donors (Lipinski definition) is 0. The molecule has 4 nitrogen and oxygen atoms in total. The first-order valence-corrected chi connectivity index (χ1v) is 6.06. The van der Waals surface area contributed by atoms with Crippen LogP contribution in [0.25, 0.3) is 10.6 Å². The van der Waals surface area contributed by atoms with Crippen LogP contribution in [-0.2, 0) is 0 Å². The third kappa shape index (κ3) is 2.60. The Morgan fingerprint density at radius 3 is 2.82 bits per heavy atom. The second-order valence-corrected chi connectivity index (χ2v) is 4.57. The van der Waals surface area contributed by atoms with Crippen molar-refractivity contribution in [2.45, 2.75) is 20.0 Å². The average Bonchev–Trinajstić information content (AvgIpc) is 2.82. The summed E-state index contributed by atoms with van der Waals surface area (Å²) in [6, 6.07) is 7.60. The summed E-state index contributed by atoms with van der Waals surface area (Å²) < 4.78 is 5.55. The predicted octanol–water partition coefficient (Wildman–Crippen LogP) is 2.86. The van der Waals surface area contributed by atoms with E-state index in [0.717, 1.165) is 10.6 Å². The molecule has 0 saturated heterocycles. The quantitative estimate of drug-likeness (QED) is 0.834. The fourth-order valence-corrected chi connectivity index (χ4v) is 1.96. The molecule has 0 amide bonds. The molecule has 0 spiro atoms. The van der Waals surface area contributed by atoms with E-state index in [-0.39, 0.29) is 6.10 Å². The first-order valence-electron chi connectivity index (χ1n) is 5.18. The molecule has 2 aromatic rings. The van der Waals surface area contributed by atoms with E-state index in [1.807, 2.05) is 19.9 Å². The summed E-state index contributed by atoms with van der Waals surface area (Å²) in [5.74, 6) is 0.607. The van der Waals surface area contributed by atoms with E-state index in [1.165, 1.54) is 11.3 Å². The standard InChI is InChI=1S/C12H11N3OS/c1-8(2)16-11-4-3-9(5-10(11)6-13)12-15-14-7-17-12/h3-5,7-8H,1-2H3. The van der Waals surface area contributed by atoms with Crippen molar-refractivity contribution in [2.24, 2.45) is 0 Å². The number of ether oxygens (including phenoxy) is 1. The lowest BCUT2D eigenvalue weighted by Gasteiger charge is -2.11. The Bertz CT molecular complexity index is 543. The van der Waals surface area contributed by atoms with Gasteiger partial charge in [-0.2, -0.15) is 5.26 Å². The molecule has 0 aliphatic rings. The van der Waals surface area contributed by atoms with Crippen LogP contribution in [0, 0.1) is 11.3 Å². The zero-order valence-electron chi connectivity index (χ0n) is 9.54. The minimum atomic E-state index is 0.0504. The Labute approximate surface area is 104 Å². The number of nitrogens with zero attached hydrogens (tertiary/aromatic N) is 3. The third-order valence-corrected chi connectivity index (χ3v) is 2.81. The largest absolute Gasteiger partial charge is 0.490 e. The van der Waals surface area contributed by atoms with Crippen LogP contribution >= 0.6 is 11.3 Å². The van der Waals surface area contributed by atoms with Gasteiger partial charge in [0.25, 0.3) is 0 Å². The molecule has 0 aliphatic heterocycles. The Kier molecular flexibility index (Phi) is 3.35. The average molecular weight is 245 g/mol. The van der Waals surface area contributed by atoms with Crippen LogP contribution in [0.3, 0.4) is 0 Å². The molecule has 86 valence electrons. The highest BCUT2D eigenvalue weighted by Gasteiger charge is 2.09. The van der Waals surface area contributed by atoms with Crippen molar-refractivity contribution in [3.63, 3.8) is 0 Å². The van der Waals surface area contributed by atoms with E-state index in [1.54, 1.807) is 17.6 Å². The van der Waals surface area contributed by atoms with E-state index in [4.69, 9.17) is 10.00 Å². The second-order valence-electron chi connectivity index (χ2n) is 3.73. The SMILES string of the molecule is CC(C)Oc1ccc(-c2nncs2)cc1C#N. The van der Waals surface area contributed by atoms with E-state index < -0.39 is 0 Å². The highest BCUT2D eigenvalue weighted by Crippen LogP contribution is 2.27. The summed E-state index contributed by atoms with van der Waals surface area (Å²) in [5, 5.41) is 17.6. The molecular formula is C12H11N3OS. The maximum absolute atomic E-state index is 9.09. The molecule has 1 aromatic carbocycles. The molecule has 0 aliphatic carbocycles. The van der Waals surface area contributed by atoms with Crippen molar-refractivity contribution in [1.82, 2.24) is 10.2 Å². The van der Waals surface area contributed by atoms with Crippen LogP contribution in [-0.4, -0.2) is 16.3 Å². The minimum Gasteiger partial charge on any atom is -0.490 e. The van der Waals surface area contributed by atoms with Crippen LogP contribution in [0.15, 0.2) is 23.7 Å². The van der Waals surface area contributed by atoms with E-state index >= 15 is 0 Å². The Morgan fingerprint density at radius 1 is 1.41 bits per heavy atom. The molecule has 0 unspecified atom stereocenters. The monoisotopic (exact) mass is 245 g/mol. The topological polar surface area (TPSA) is 58.8 Å². The van der Waals surface area contributed by atoms with Crippen molar-refractivity contribution in [1.29, 1.82) is 5.26 Å². The maximum Gasteiger partial charge on any atom is 0.147 e. The number of rotatable bonds is 3. The normalized spacial score (nSPS) is 10.2. The fourth-order valence-electron chi connectivity index (χ4n) is 1.41. The van der Waals surface area contributed by atoms with Crippen LogP contribution in [0.5, 0.6) is 5.75 Å². The molecule has 0 atom stereocenters. The Hall–Kier alpha value is -1.93. The number of benzene rings is 1. The molecule has 1 heterocycles. The molecule has 0 bridgehead atoms. The van der Waals surface area contributed by atoms with Gasteiger partial charge in [-0.3, -0.25) is 0 Å². The van der Waals surface area contributed by atoms with Gasteiger partial charge >= 0.3 is 0 Å². The van der Waals surface area contributed by atoms with Gasteiger partial charge in [-0.25, -0.2) is 0 Å². The Morgan fingerprint density at radius 2 is 2.24 bits per heavy atom. The zero-order chi connectivity index (χ0) is 12.3. The van der Waals surface area contributed by atoms with E-state index in [0.29, 0.717) is 11.3 Å². The molecule has 0 fully saturated rings. The highest BCUT2D eigenvalue weighted by molar-refractivity contribution is 7.12. The summed E-state index contributed by atoms with van der Waals surface area (Å²) >= 11 is 1.44. The lowest BCUT2D eigenvalue weighted by atomic mass is 10.1. The van der Waals surface area contributed by atoms with Gasteiger partial charge in [-0.1, -0.05) is 11.3 Å². The number of nitriles is 1. The van der Waals surface area contributed by atoms with Crippen LogP contribution in [0.2, 0.25) is 0 Å². The lowest BCUT2D eigenvalue weighted by Crippen LogP contribution is -2.06. The second kappa shape index (κ2) is 4.93. The predicted molar refractivity (Wildman–Crippen MR) is 65.8 cm³/mol. The highest BCUT2D eigenvalue weighted by atomic mass is 32.1. The molecule has 5 heteroatoms. The van der Waals surface area contributed by atoms with Gasteiger partial charge in [0.2, 0.25) is 0 Å². The van der Waals surface area contributed by atoms with Crippen molar-refractivity contribution in [3.8, 4) is 22.4 Å². The van der Waals surface area contributed by atoms with Crippen molar-refractivity contribution in [3.05, 3.63) is 29.3 Å². The molecule has 2 rings (SSSR count). The molecule has 17 heavy (non-hydrogen) atoms. The van der Waals surface area contributed by atoms with Crippen molar-refractivity contribution >= 4 is 11.3 Å². The van der Waals surface area contributed by atoms with Gasteiger partial charge < -0.3 is 4.74 Å². The molecule has 1 aromatic heterocycles. The number of hydrogen-bond acceptors (Lipinski definition) is 5. The van der Waals surface area contributed by atoms with Gasteiger partial charge in [0.1, 0.15) is 22.3 Å². The van der Waals surface area contributed by atoms with Gasteiger partial charge in [0.05, 0.1) is 11.7 Å². The summed E-state index contributed by atoms with van der Waals surface area (Å²) in [6.45, 7) is 3.86. The zero-order valence-corrected chi connectivity index (χ0v) is 10.4. The van der Waals surface area contributed by atoms with Gasteiger partial charge in [0, 0.05) is 5.56 Å². The lowest BCUT2D eigenvalue weighted by molar-refractivity contribution is 0.242. The fraction of sp³-hybridized carbons (Fsp3) is 0.250. The van der Waals surface area contributed by atoms with Gasteiger partial charge in [-0.05, 0) is 32.0 Å². The van der Waals surface area contributed by atoms with E-state index in [9.17, 15) is 0 Å². The summed E-state index contributed by atoms with van der Waals surface area (Å²) in [4.78, 5) is 0. The van der Waals surface area contributed by atoms with E-state index in [2.05, 4.69) is 16.3 Å². The molecule has 0 radical (unpaired) electrons. The first kappa shape index (κ1) is 11.6. The van der Waals surface area contributed by atoms with Crippen molar-refractivity contribution in [2.75, 3.05) is 0 Å². The van der Waals surface area contributed by atoms with Gasteiger partial charge in [-0.15, -0.1) is 10.2 Å². The number of aromatic nitrogens is 2. The molecule has 0 saturated carbocycles. The third-order valence-electron chi connectivity index (χ3n) is 2.07. The molecule has 0 N–H and O–H groups in total. The molecular weight excluding hydrogens is 234 g/mol. The minimum absolute atomic E-state index is 0.0504. The van der Waals surface area contributed by atoms with Gasteiger partial charge in [0.15, 0.2) is 0 Å². The summed E-state index contributed by atoms with van der Waals surface area (Å²) in [7, 11) is 0. The van der Waals surface area contributed by atoms with Crippen LogP contribution in [0.4, 0.5) is 0 Å². The van der Waals surface area contributed by atoms with Crippen LogP contribution in [0.1, 0.15) is 19.4 Å².